The molecule has 0 unspecified atom stereocenters. The van der Waals surface area contributed by atoms with Crippen molar-refractivity contribution in [3.63, 3.8) is 0 Å². The summed E-state index contributed by atoms with van der Waals surface area (Å²) in [7, 11) is 3.06. The molecule has 2 heterocycles. The zero-order valence-electron chi connectivity index (χ0n) is 19.5. The molecule has 1 aliphatic rings. The van der Waals surface area contributed by atoms with Gasteiger partial charge >= 0.3 is 5.69 Å². The quantitative estimate of drug-likeness (QED) is 0.444. The van der Waals surface area contributed by atoms with Gasteiger partial charge in [-0.05, 0) is 55.5 Å². The van der Waals surface area contributed by atoms with Crippen molar-refractivity contribution in [2.45, 2.75) is 32.2 Å². The summed E-state index contributed by atoms with van der Waals surface area (Å²) in [6.45, 7) is -0.226. The topological polar surface area (TPSA) is 91.6 Å². The summed E-state index contributed by atoms with van der Waals surface area (Å²) in [5.41, 5.74) is 1.15. The highest BCUT2D eigenvalue weighted by Crippen LogP contribution is 2.34. The van der Waals surface area contributed by atoms with Crippen LogP contribution in [-0.2, 0) is 24.2 Å². The maximum absolute atomic E-state index is 13.6. The van der Waals surface area contributed by atoms with Crippen LogP contribution < -0.4 is 26.0 Å². The second-order valence-corrected chi connectivity index (χ2v) is 9.44. The van der Waals surface area contributed by atoms with Crippen LogP contribution in [0.1, 0.15) is 23.3 Å². The lowest BCUT2D eigenvalue weighted by molar-refractivity contribution is -0.116. The number of hydrogen-bond donors (Lipinski definition) is 1. The van der Waals surface area contributed by atoms with Crippen LogP contribution in [0.5, 0.6) is 11.5 Å². The molecule has 1 aliphatic carbocycles. The number of ether oxygens (including phenoxy) is 2. The Bertz CT molecular complexity index is 1530. The number of hydrogen-bond acceptors (Lipinski definition) is 6. The molecule has 2 aromatic carbocycles. The van der Waals surface area contributed by atoms with Gasteiger partial charge in [-0.3, -0.25) is 14.2 Å². The Morgan fingerprint density at radius 2 is 1.74 bits per heavy atom. The van der Waals surface area contributed by atoms with E-state index in [0.29, 0.717) is 33.1 Å². The Hall–Kier alpha value is -3.85. The van der Waals surface area contributed by atoms with Gasteiger partial charge in [-0.15, -0.1) is 11.3 Å². The molecule has 0 spiro atoms. The minimum absolute atomic E-state index is 0.226. The predicted octanol–water partition coefficient (Wildman–Crippen LogP) is 3.75. The minimum atomic E-state index is -0.533. The van der Waals surface area contributed by atoms with E-state index in [9.17, 15) is 14.4 Å². The first-order chi connectivity index (χ1) is 17.0. The average Bonchev–Trinajstić information content (AvgIpc) is 3.27. The number of fused-ring (bicyclic) bond motifs is 3. The molecule has 0 saturated heterocycles. The van der Waals surface area contributed by atoms with Gasteiger partial charge in [0, 0.05) is 16.6 Å². The second-order valence-electron chi connectivity index (χ2n) is 8.35. The van der Waals surface area contributed by atoms with E-state index in [2.05, 4.69) is 5.32 Å². The van der Waals surface area contributed by atoms with Crippen LogP contribution in [0.15, 0.2) is 58.1 Å². The number of amides is 1. The molecule has 0 fully saturated rings. The maximum Gasteiger partial charge on any atom is 0.337 e. The number of aryl methyl sites for hydroxylation is 2. The van der Waals surface area contributed by atoms with Gasteiger partial charge in [0.1, 0.15) is 11.4 Å². The Balaban J connectivity index is 1.60. The van der Waals surface area contributed by atoms with Crippen LogP contribution in [0.4, 0.5) is 5.69 Å². The fourth-order valence-electron chi connectivity index (χ4n) is 4.57. The van der Waals surface area contributed by atoms with Gasteiger partial charge in [-0.2, -0.15) is 0 Å². The second kappa shape index (κ2) is 9.42. The number of para-hydroxylation sites is 1. The van der Waals surface area contributed by atoms with Crippen molar-refractivity contribution >= 4 is 33.1 Å². The van der Waals surface area contributed by atoms with Crippen molar-refractivity contribution in [1.82, 2.24) is 9.13 Å². The predicted molar refractivity (Wildman–Crippen MR) is 136 cm³/mol. The van der Waals surface area contributed by atoms with E-state index in [-0.39, 0.29) is 18.0 Å². The SMILES string of the molecule is COc1ccc(NC(=O)Cn2c(=O)n(-c3ccccc3)c(=O)c3c4c(sc32)CCCC4)cc1OC. The molecule has 9 heteroatoms. The molecule has 8 nitrogen and oxygen atoms in total. The lowest BCUT2D eigenvalue weighted by atomic mass is 9.97. The fraction of sp³-hybridized carbons (Fsp3) is 0.269. The van der Waals surface area contributed by atoms with Crippen LogP contribution in [-0.4, -0.2) is 29.3 Å². The molecule has 0 aliphatic heterocycles. The highest BCUT2D eigenvalue weighted by atomic mass is 32.1. The molecular weight excluding hydrogens is 466 g/mol. The van der Waals surface area contributed by atoms with E-state index in [4.69, 9.17) is 9.47 Å². The van der Waals surface area contributed by atoms with E-state index < -0.39 is 5.69 Å². The van der Waals surface area contributed by atoms with Crippen molar-refractivity contribution in [3.05, 3.63) is 79.8 Å². The number of aromatic nitrogens is 2. The Morgan fingerprint density at radius 1 is 1.00 bits per heavy atom. The van der Waals surface area contributed by atoms with E-state index in [1.807, 2.05) is 6.07 Å². The summed E-state index contributed by atoms with van der Waals surface area (Å²) in [6, 6.07) is 13.9. The molecule has 0 radical (unpaired) electrons. The Morgan fingerprint density at radius 3 is 2.49 bits per heavy atom. The number of carbonyl (C=O) groups excluding carboxylic acids is 1. The van der Waals surface area contributed by atoms with Crippen LogP contribution in [0.2, 0.25) is 0 Å². The summed E-state index contributed by atoms with van der Waals surface area (Å²) < 4.78 is 13.2. The third kappa shape index (κ3) is 4.12. The molecule has 1 N–H and O–H groups in total. The van der Waals surface area contributed by atoms with Gasteiger partial charge in [-0.25, -0.2) is 9.36 Å². The van der Waals surface area contributed by atoms with E-state index >= 15 is 0 Å². The number of nitrogens with one attached hydrogen (secondary N) is 1. The summed E-state index contributed by atoms with van der Waals surface area (Å²) in [6.07, 6.45) is 3.74. The molecule has 35 heavy (non-hydrogen) atoms. The van der Waals surface area contributed by atoms with Crippen LogP contribution in [0, 0.1) is 0 Å². The number of benzene rings is 2. The van der Waals surface area contributed by atoms with E-state index in [1.54, 1.807) is 42.5 Å². The first kappa shape index (κ1) is 22.9. The van der Waals surface area contributed by atoms with Crippen LogP contribution in [0.3, 0.4) is 0 Å². The third-order valence-electron chi connectivity index (χ3n) is 6.22. The first-order valence-electron chi connectivity index (χ1n) is 11.4. The highest BCUT2D eigenvalue weighted by molar-refractivity contribution is 7.18. The van der Waals surface area contributed by atoms with Crippen molar-refractivity contribution in [2.75, 3.05) is 19.5 Å². The third-order valence-corrected chi connectivity index (χ3v) is 7.54. The monoisotopic (exact) mass is 491 g/mol. The van der Waals surface area contributed by atoms with Crippen LogP contribution >= 0.6 is 11.3 Å². The summed E-state index contributed by atoms with van der Waals surface area (Å²) in [5, 5.41) is 3.38. The van der Waals surface area contributed by atoms with Gasteiger partial charge in [0.15, 0.2) is 11.5 Å². The number of carbonyl (C=O) groups is 1. The molecule has 0 atom stereocenters. The number of anilines is 1. The van der Waals surface area contributed by atoms with Gasteiger partial charge in [0.25, 0.3) is 5.56 Å². The number of methoxy groups -OCH3 is 2. The van der Waals surface area contributed by atoms with Crippen LogP contribution in [0.25, 0.3) is 15.9 Å². The van der Waals surface area contributed by atoms with Crippen molar-refractivity contribution in [2.24, 2.45) is 0 Å². The molecule has 4 aromatic rings. The number of nitrogens with zero attached hydrogens (tertiary/aromatic N) is 2. The normalized spacial score (nSPS) is 12.9. The van der Waals surface area contributed by atoms with Gasteiger partial charge in [-0.1, -0.05) is 18.2 Å². The summed E-state index contributed by atoms with van der Waals surface area (Å²) in [4.78, 5) is 41.9. The van der Waals surface area contributed by atoms with Gasteiger partial charge < -0.3 is 14.8 Å². The van der Waals surface area contributed by atoms with Gasteiger partial charge in [0.05, 0.1) is 25.3 Å². The number of thiophene rings is 1. The lowest BCUT2D eigenvalue weighted by Gasteiger charge is -2.14. The maximum atomic E-state index is 13.6. The Kier molecular flexibility index (Phi) is 6.17. The minimum Gasteiger partial charge on any atom is -0.493 e. The molecular formula is C26H25N3O5S. The van der Waals surface area contributed by atoms with E-state index in [0.717, 1.165) is 36.1 Å². The largest absolute Gasteiger partial charge is 0.493 e. The zero-order chi connectivity index (χ0) is 24.5. The van der Waals surface area contributed by atoms with E-state index in [1.165, 1.54) is 34.7 Å². The number of rotatable bonds is 6. The Labute approximate surface area is 205 Å². The molecule has 0 bridgehead atoms. The molecule has 0 saturated carbocycles. The molecule has 180 valence electrons. The molecule has 2 aromatic heterocycles. The van der Waals surface area contributed by atoms with Crippen molar-refractivity contribution < 1.29 is 14.3 Å². The van der Waals surface area contributed by atoms with Crippen molar-refractivity contribution in [1.29, 1.82) is 0 Å². The summed E-state index contributed by atoms with van der Waals surface area (Å²) >= 11 is 1.45. The van der Waals surface area contributed by atoms with Crippen molar-refractivity contribution in [3.8, 4) is 17.2 Å². The fourth-order valence-corrected chi connectivity index (χ4v) is 5.94. The van der Waals surface area contributed by atoms with Gasteiger partial charge in [0.2, 0.25) is 5.91 Å². The molecule has 5 rings (SSSR count). The average molecular weight is 492 g/mol. The lowest BCUT2D eigenvalue weighted by Crippen LogP contribution is -2.40. The smallest absolute Gasteiger partial charge is 0.337 e. The zero-order valence-corrected chi connectivity index (χ0v) is 20.3. The summed E-state index contributed by atoms with van der Waals surface area (Å²) in [5.74, 6) is 0.640. The molecule has 1 amide bonds. The first-order valence-corrected chi connectivity index (χ1v) is 12.2. The highest BCUT2D eigenvalue weighted by Gasteiger charge is 2.25. The standard InChI is InChI=1S/C26H25N3O5S/c1-33-19-13-12-16(14-20(19)34-2)27-22(30)15-28-25-23(18-10-6-7-11-21(18)35-25)24(31)29(26(28)32)17-8-4-3-5-9-17/h3-5,8-9,12-14H,6-7,10-11,15H2,1-2H3,(H,27,30).